The molecule has 0 unspecified atom stereocenters. The van der Waals surface area contributed by atoms with Gasteiger partial charge in [0.1, 0.15) is 11.5 Å². The van der Waals surface area contributed by atoms with Crippen LogP contribution in [0.25, 0.3) is 0 Å². The van der Waals surface area contributed by atoms with Gasteiger partial charge in [-0.25, -0.2) is 4.98 Å². The summed E-state index contributed by atoms with van der Waals surface area (Å²) in [4.78, 5) is 16.5. The molecular weight excluding hydrogens is 250 g/mol. The number of hydrogen-bond donors (Lipinski definition) is 2. The first-order chi connectivity index (χ1) is 9.70. The Morgan fingerprint density at radius 2 is 1.90 bits per heavy atom. The highest BCUT2D eigenvalue weighted by Crippen LogP contribution is 2.23. The SMILES string of the molecule is Cc1ccc(NC(=O)c2cccc(NC3CC3)n2)cc1. The molecule has 102 valence electrons. The van der Waals surface area contributed by atoms with Crippen LogP contribution in [0, 0.1) is 6.92 Å². The van der Waals surface area contributed by atoms with Gasteiger partial charge in [0.2, 0.25) is 0 Å². The van der Waals surface area contributed by atoms with Crippen LogP contribution in [0.4, 0.5) is 11.5 Å². The molecule has 3 rings (SSSR count). The van der Waals surface area contributed by atoms with Crippen LogP contribution in [0.5, 0.6) is 0 Å². The molecule has 2 N–H and O–H groups in total. The molecule has 0 atom stereocenters. The largest absolute Gasteiger partial charge is 0.367 e. The summed E-state index contributed by atoms with van der Waals surface area (Å²) in [6, 6.07) is 13.7. The molecule has 0 spiro atoms. The topological polar surface area (TPSA) is 54.0 Å². The van der Waals surface area contributed by atoms with Crippen LogP contribution >= 0.6 is 0 Å². The van der Waals surface area contributed by atoms with E-state index in [1.807, 2.05) is 43.3 Å². The molecule has 4 nitrogen and oxygen atoms in total. The third-order valence-electron chi connectivity index (χ3n) is 3.22. The van der Waals surface area contributed by atoms with E-state index in [4.69, 9.17) is 0 Å². The average Bonchev–Trinajstić information content (AvgIpc) is 3.25. The number of pyridine rings is 1. The lowest BCUT2D eigenvalue weighted by Gasteiger charge is -2.07. The van der Waals surface area contributed by atoms with Crippen molar-refractivity contribution < 1.29 is 4.79 Å². The van der Waals surface area contributed by atoms with Crippen LogP contribution in [-0.2, 0) is 0 Å². The van der Waals surface area contributed by atoms with Crippen LogP contribution in [0.3, 0.4) is 0 Å². The zero-order chi connectivity index (χ0) is 13.9. The minimum absolute atomic E-state index is 0.187. The molecule has 0 radical (unpaired) electrons. The predicted octanol–water partition coefficient (Wildman–Crippen LogP) is 3.22. The molecular formula is C16H17N3O. The summed E-state index contributed by atoms with van der Waals surface area (Å²) in [5, 5.41) is 6.14. The van der Waals surface area contributed by atoms with Crippen LogP contribution in [0.1, 0.15) is 28.9 Å². The van der Waals surface area contributed by atoms with E-state index in [-0.39, 0.29) is 5.91 Å². The van der Waals surface area contributed by atoms with Gasteiger partial charge in [0.05, 0.1) is 0 Å². The highest BCUT2D eigenvalue weighted by atomic mass is 16.1. The number of anilines is 2. The minimum Gasteiger partial charge on any atom is -0.367 e. The molecule has 1 heterocycles. The molecule has 1 saturated carbocycles. The smallest absolute Gasteiger partial charge is 0.274 e. The van der Waals surface area contributed by atoms with Crippen molar-refractivity contribution in [3.63, 3.8) is 0 Å². The number of rotatable bonds is 4. The fourth-order valence-electron chi connectivity index (χ4n) is 1.91. The molecule has 0 saturated heterocycles. The summed E-state index contributed by atoms with van der Waals surface area (Å²) in [5.74, 6) is 0.581. The molecule has 1 aliphatic rings. The van der Waals surface area contributed by atoms with E-state index in [2.05, 4.69) is 15.6 Å². The number of carbonyl (C=O) groups is 1. The first-order valence-corrected chi connectivity index (χ1v) is 6.82. The number of amides is 1. The lowest BCUT2D eigenvalue weighted by atomic mass is 10.2. The Labute approximate surface area is 118 Å². The van der Waals surface area contributed by atoms with Crippen molar-refractivity contribution in [3.8, 4) is 0 Å². The number of hydrogen-bond acceptors (Lipinski definition) is 3. The van der Waals surface area contributed by atoms with Gasteiger partial charge in [-0.2, -0.15) is 0 Å². The fraction of sp³-hybridized carbons (Fsp3) is 0.250. The summed E-state index contributed by atoms with van der Waals surface area (Å²) in [5.41, 5.74) is 2.37. The highest BCUT2D eigenvalue weighted by molar-refractivity contribution is 6.03. The first kappa shape index (κ1) is 12.7. The maximum atomic E-state index is 12.2. The molecule has 1 aliphatic carbocycles. The van der Waals surface area contributed by atoms with E-state index in [0.717, 1.165) is 17.1 Å². The van der Waals surface area contributed by atoms with Gasteiger partial charge in [-0.05, 0) is 44.0 Å². The van der Waals surface area contributed by atoms with Crippen molar-refractivity contribution in [1.82, 2.24) is 4.98 Å². The monoisotopic (exact) mass is 267 g/mol. The fourth-order valence-corrected chi connectivity index (χ4v) is 1.91. The molecule has 1 fully saturated rings. The zero-order valence-corrected chi connectivity index (χ0v) is 11.4. The Bertz CT molecular complexity index is 618. The van der Waals surface area contributed by atoms with Crippen LogP contribution in [0.15, 0.2) is 42.5 Å². The Hall–Kier alpha value is -2.36. The normalized spacial score (nSPS) is 13.8. The lowest BCUT2D eigenvalue weighted by molar-refractivity contribution is 0.102. The van der Waals surface area contributed by atoms with Crippen molar-refractivity contribution >= 4 is 17.4 Å². The molecule has 1 aromatic carbocycles. The number of nitrogens with one attached hydrogen (secondary N) is 2. The predicted molar refractivity (Wildman–Crippen MR) is 80.0 cm³/mol. The van der Waals surface area contributed by atoms with Crippen molar-refractivity contribution in [1.29, 1.82) is 0 Å². The van der Waals surface area contributed by atoms with Gasteiger partial charge in [0.25, 0.3) is 5.91 Å². The Morgan fingerprint density at radius 3 is 2.60 bits per heavy atom. The second kappa shape index (κ2) is 5.33. The number of aromatic nitrogens is 1. The van der Waals surface area contributed by atoms with E-state index in [9.17, 15) is 4.79 Å². The van der Waals surface area contributed by atoms with E-state index in [1.54, 1.807) is 6.07 Å². The van der Waals surface area contributed by atoms with Crippen molar-refractivity contribution in [2.45, 2.75) is 25.8 Å². The molecule has 4 heteroatoms. The van der Waals surface area contributed by atoms with Gasteiger partial charge in [-0.1, -0.05) is 23.8 Å². The molecule has 1 amide bonds. The van der Waals surface area contributed by atoms with Gasteiger partial charge in [-0.15, -0.1) is 0 Å². The standard InChI is InChI=1S/C16H17N3O/c1-11-5-7-13(8-6-11)18-16(20)14-3-2-4-15(19-14)17-12-9-10-12/h2-8,12H,9-10H2,1H3,(H,17,19)(H,18,20). The van der Waals surface area contributed by atoms with E-state index >= 15 is 0 Å². The summed E-state index contributed by atoms with van der Waals surface area (Å²) in [6.45, 7) is 2.01. The quantitative estimate of drug-likeness (QED) is 0.894. The van der Waals surface area contributed by atoms with E-state index < -0.39 is 0 Å². The third-order valence-corrected chi connectivity index (χ3v) is 3.22. The van der Waals surface area contributed by atoms with Gasteiger partial charge in [-0.3, -0.25) is 4.79 Å². The molecule has 0 aliphatic heterocycles. The summed E-state index contributed by atoms with van der Waals surface area (Å²) in [7, 11) is 0. The van der Waals surface area contributed by atoms with E-state index in [1.165, 1.54) is 12.8 Å². The summed E-state index contributed by atoms with van der Waals surface area (Å²) < 4.78 is 0. The second-order valence-electron chi connectivity index (χ2n) is 5.15. The van der Waals surface area contributed by atoms with Crippen LogP contribution in [0.2, 0.25) is 0 Å². The Balaban J connectivity index is 1.71. The molecule has 20 heavy (non-hydrogen) atoms. The summed E-state index contributed by atoms with van der Waals surface area (Å²) >= 11 is 0. The molecule has 1 aromatic heterocycles. The summed E-state index contributed by atoms with van der Waals surface area (Å²) in [6.07, 6.45) is 2.36. The lowest BCUT2D eigenvalue weighted by Crippen LogP contribution is -2.15. The van der Waals surface area contributed by atoms with Crippen molar-refractivity contribution in [2.75, 3.05) is 10.6 Å². The molecule has 2 aromatic rings. The Kier molecular flexibility index (Phi) is 3.37. The minimum atomic E-state index is -0.187. The van der Waals surface area contributed by atoms with Gasteiger partial charge in [0.15, 0.2) is 0 Å². The zero-order valence-electron chi connectivity index (χ0n) is 11.4. The average molecular weight is 267 g/mol. The number of aryl methyl sites for hydroxylation is 1. The van der Waals surface area contributed by atoms with Crippen LogP contribution < -0.4 is 10.6 Å². The Morgan fingerprint density at radius 1 is 1.15 bits per heavy atom. The number of nitrogens with zero attached hydrogens (tertiary/aromatic N) is 1. The maximum absolute atomic E-state index is 12.2. The van der Waals surface area contributed by atoms with Crippen LogP contribution in [-0.4, -0.2) is 16.9 Å². The number of carbonyl (C=O) groups excluding carboxylic acids is 1. The van der Waals surface area contributed by atoms with Gasteiger partial charge < -0.3 is 10.6 Å². The van der Waals surface area contributed by atoms with Crippen molar-refractivity contribution in [2.24, 2.45) is 0 Å². The highest BCUT2D eigenvalue weighted by Gasteiger charge is 2.21. The van der Waals surface area contributed by atoms with E-state index in [0.29, 0.717) is 11.7 Å². The second-order valence-corrected chi connectivity index (χ2v) is 5.15. The third kappa shape index (κ3) is 3.15. The maximum Gasteiger partial charge on any atom is 0.274 e. The van der Waals surface area contributed by atoms with Gasteiger partial charge >= 0.3 is 0 Å². The van der Waals surface area contributed by atoms with Crippen molar-refractivity contribution in [3.05, 3.63) is 53.7 Å². The molecule has 0 bridgehead atoms. The number of benzene rings is 1. The van der Waals surface area contributed by atoms with Gasteiger partial charge in [0, 0.05) is 11.7 Å². The first-order valence-electron chi connectivity index (χ1n) is 6.82.